The summed E-state index contributed by atoms with van der Waals surface area (Å²) >= 11 is 0. The molecule has 5 rings (SSSR count). The van der Waals surface area contributed by atoms with Crippen LogP contribution in [0.1, 0.15) is 45.6 Å². The number of fused-ring (bicyclic) bond motifs is 1. The highest BCUT2D eigenvalue weighted by atomic mass is 19.3. The number of benzene rings is 2. The van der Waals surface area contributed by atoms with Gasteiger partial charge in [-0.05, 0) is 79.8 Å². The molecule has 1 aliphatic heterocycles. The molecule has 0 spiro atoms. The van der Waals surface area contributed by atoms with Crippen molar-refractivity contribution in [3.05, 3.63) is 76.5 Å². The van der Waals surface area contributed by atoms with E-state index in [1.807, 2.05) is 32.0 Å². The fourth-order valence-corrected chi connectivity index (χ4v) is 4.41. The Balaban J connectivity index is 1.42. The Bertz CT molecular complexity index is 1300. The van der Waals surface area contributed by atoms with E-state index < -0.39 is 11.7 Å². The van der Waals surface area contributed by atoms with Gasteiger partial charge in [0.05, 0.1) is 11.1 Å². The van der Waals surface area contributed by atoms with E-state index in [0.717, 1.165) is 28.7 Å². The molecular weight excluding hydrogens is 428 g/mol. The Hall–Kier alpha value is -3.61. The molecule has 1 fully saturated rings. The van der Waals surface area contributed by atoms with Gasteiger partial charge in [0.25, 0.3) is 0 Å². The molecule has 0 saturated heterocycles. The number of ketones is 1. The van der Waals surface area contributed by atoms with E-state index in [2.05, 4.69) is 9.47 Å². The molecule has 2 aromatic carbocycles. The predicted molar refractivity (Wildman–Crippen MR) is 117 cm³/mol. The average molecular weight is 449 g/mol. The first-order chi connectivity index (χ1) is 15.7. The molecule has 3 aromatic rings. The van der Waals surface area contributed by atoms with E-state index in [4.69, 9.17) is 4.98 Å². The van der Waals surface area contributed by atoms with E-state index >= 15 is 0 Å². The summed E-state index contributed by atoms with van der Waals surface area (Å²) in [5.41, 5.74) is 4.54. The number of hydrogen-bond donors (Lipinski definition) is 0. The zero-order valence-corrected chi connectivity index (χ0v) is 18.2. The second kappa shape index (κ2) is 7.47. The molecule has 1 saturated carbocycles. The molecule has 0 N–H and O–H groups in total. The van der Waals surface area contributed by atoms with Crippen LogP contribution in [0, 0.1) is 13.8 Å². The third kappa shape index (κ3) is 3.88. The topological polar surface area (TPSA) is 65.5 Å². The zero-order valence-electron chi connectivity index (χ0n) is 18.2. The van der Waals surface area contributed by atoms with E-state index in [1.165, 1.54) is 12.1 Å². The Kier molecular flexibility index (Phi) is 4.81. The van der Waals surface area contributed by atoms with Crippen LogP contribution in [-0.4, -0.2) is 23.3 Å². The first kappa shape index (κ1) is 21.2. The predicted octanol–water partition coefficient (Wildman–Crippen LogP) is 5.34. The second-order valence-electron chi connectivity index (χ2n) is 8.73. The number of rotatable bonds is 6. The Morgan fingerprint density at radius 2 is 1.79 bits per heavy atom. The van der Waals surface area contributed by atoms with E-state index in [-0.39, 0.29) is 23.7 Å². The van der Waals surface area contributed by atoms with Crippen LogP contribution in [0.4, 0.5) is 8.78 Å². The van der Waals surface area contributed by atoms with E-state index in [9.17, 15) is 18.4 Å². The van der Waals surface area contributed by atoms with Crippen molar-refractivity contribution >= 4 is 12.1 Å². The molecule has 1 aromatic heterocycles. The van der Waals surface area contributed by atoms with Gasteiger partial charge in [-0.1, -0.05) is 12.1 Å². The van der Waals surface area contributed by atoms with Crippen molar-refractivity contribution in [1.82, 2.24) is 4.98 Å². The van der Waals surface area contributed by atoms with Gasteiger partial charge in [0.1, 0.15) is 12.1 Å². The summed E-state index contributed by atoms with van der Waals surface area (Å²) in [5, 5.41) is 0. The van der Waals surface area contributed by atoms with Crippen LogP contribution in [-0.2, 0) is 16.6 Å². The number of hydrogen-bond acceptors (Lipinski definition) is 5. The van der Waals surface area contributed by atoms with Gasteiger partial charge >= 0.3 is 6.29 Å². The van der Waals surface area contributed by atoms with Crippen molar-refractivity contribution in [2.24, 2.45) is 0 Å². The lowest BCUT2D eigenvalue weighted by atomic mass is 9.88. The molecule has 168 valence electrons. The number of pyridine rings is 1. The van der Waals surface area contributed by atoms with Crippen molar-refractivity contribution in [3.63, 3.8) is 0 Å². The largest absolute Gasteiger partial charge is 0.586 e. The maximum absolute atomic E-state index is 13.4. The lowest BCUT2D eigenvalue weighted by Crippen LogP contribution is -2.26. The molecule has 0 atom stereocenters. The minimum atomic E-state index is -3.69. The number of carbonyl (C=O) groups excluding carboxylic acids is 2. The fourth-order valence-electron chi connectivity index (χ4n) is 4.41. The average Bonchev–Trinajstić information content (AvgIpc) is 3.51. The van der Waals surface area contributed by atoms with Crippen molar-refractivity contribution in [3.8, 4) is 22.8 Å². The molecule has 2 aliphatic rings. The van der Waals surface area contributed by atoms with Crippen LogP contribution in [0.2, 0.25) is 0 Å². The zero-order chi connectivity index (χ0) is 23.4. The smallest absolute Gasteiger partial charge is 0.395 e. The third-order valence-corrected chi connectivity index (χ3v) is 6.24. The van der Waals surface area contributed by atoms with Crippen molar-refractivity contribution < 1.29 is 27.8 Å². The van der Waals surface area contributed by atoms with Gasteiger partial charge in [-0.2, -0.15) is 0 Å². The molecule has 2 heterocycles. The highest BCUT2D eigenvalue weighted by Crippen LogP contribution is 2.52. The number of carbonyl (C=O) groups is 2. The highest BCUT2D eigenvalue weighted by molar-refractivity contribution is 5.94. The Labute approximate surface area is 189 Å². The summed E-state index contributed by atoms with van der Waals surface area (Å²) in [6.45, 7) is 3.85. The van der Waals surface area contributed by atoms with E-state index in [1.54, 1.807) is 18.2 Å². The van der Waals surface area contributed by atoms with Crippen LogP contribution in [0.3, 0.4) is 0 Å². The van der Waals surface area contributed by atoms with Crippen molar-refractivity contribution in [1.29, 1.82) is 0 Å². The maximum Gasteiger partial charge on any atom is 0.586 e. The monoisotopic (exact) mass is 449 g/mol. The van der Waals surface area contributed by atoms with Gasteiger partial charge in [0, 0.05) is 23.2 Å². The molecule has 0 amide bonds. The molecule has 7 heteroatoms. The number of nitrogens with zero attached hydrogens (tertiary/aromatic N) is 1. The van der Waals surface area contributed by atoms with Gasteiger partial charge in [0.15, 0.2) is 11.5 Å². The number of ether oxygens (including phenoxy) is 2. The lowest BCUT2D eigenvalue weighted by molar-refractivity contribution is -0.286. The number of alkyl halides is 2. The van der Waals surface area contributed by atoms with Gasteiger partial charge in [0.2, 0.25) is 0 Å². The summed E-state index contributed by atoms with van der Waals surface area (Å²) in [6.07, 6.45) is -1.49. The molecule has 33 heavy (non-hydrogen) atoms. The molecule has 0 radical (unpaired) electrons. The standard InChI is InChI=1S/C26H21F2NO4/c1-15-9-17(14-30)11-18(10-15)24-16(2)3-5-20(29-24)13-23(31)25(7-8-25)19-4-6-21-22(12-19)33-26(27,28)32-21/h3-6,9-12,14H,7-8,13H2,1-2H3. The van der Waals surface area contributed by atoms with Crippen LogP contribution in [0.25, 0.3) is 11.3 Å². The Morgan fingerprint density at radius 3 is 2.52 bits per heavy atom. The minimum absolute atomic E-state index is 0.0201. The van der Waals surface area contributed by atoms with Gasteiger partial charge < -0.3 is 9.47 Å². The molecule has 1 aliphatic carbocycles. The first-order valence-corrected chi connectivity index (χ1v) is 10.7. The lowest BCUT2D eigenvalue weighted by Gasteiger charge is -2.16. The summed E-state index contributed by atoms with van der Waals surface area (Å²) in [5.74, 6) is -0.115. The summed E-state index contributed by atoms with van der Waals surface area (Å²) in [7, 11) is 0. The van der Waals surface area contributed by atoms with E-state index in [0.29, 0.717) is 29.7 Å². The fraction of sp³-hybridized carbons (Fsp3) is 0.269. The third-order valence-electron chi connectivity index (χ3n) is 6.24. The summed E-state index contributed by atoms with van der Waals surface area (Å²) in [4.78, 5) is 29.3. The van der Waals surface area contributed by atoms with Crippen molar-refractivity contribution in [2.45, 2.75) is 44.8 Å². The van der Waals surface area contributed by atoms with Crippen LogP contribution >= 0.6 is 0 Å². The summed E-state index contributed by atoms with van der Waals surface area (Å²) < 4.78 is 35.8. The minimum Gasteiger partial charge on any atom is -0.395 e. The van der Waals surface area contributed by atoms with Crippen molar-refractivity contribution in [2.75, 3.05) is 0 Å². The number of aromatic nitrogens is 1. The SMILES string of the molecule is Cc1cc(C=O)cc(-c2nc(CC(=O)C3(c4ccc5c(c4)OC(F)(F)O5)CC3)ccc2C)c1. The van der Waals surface area contributed by atoms with Crippen LogP contribution in [0.15, 0.2) is 48.5 Å². The normalized spacial score (nSPS) is 17.0. The Morgan fingerprint density at radius 1 is 1.03 bits per heavy atom. The van der Waals surface area contributed by atoms with Crippen LogP contribution in [0.5, 0.6) is 11.5 Å². The quantitative estimate of drug-likeness (QED) is 0.475. The van der Waals surface area contributed by atoms with Gasteiger partial charge in [-0.3, -0.25) is 14.6 Å². The number of aldehydes is 1. The van der Waals surface area contributed by atoms with Crippen LogP contribution < -0.4 is 9.47 Å². The molecule has 0 bridgehead atoms. The van der Waals surface area contributed by atoms with Gasteiger partial charge in [-0.15, -0.1) is 8.78 Å². The maximum atomic E-state index is 13.4. The molecular formula is C26H21F2NO4. The highest BCUT2D eigenvalue weighted by Gasteiger charge is 2.52. The molecule has 0 unspecified atom stereocenters. The number of aryl methyl sites for hydroxylation is 2. The number of Topliss-reactive ketones (excluding diaryl/α,β-unsaturated/α-hetero) is 1. The first-order valence-electron chi connectivity index (χ1n) is 10.7. The second-order valence-corrected chi connectivity index (χ2v) is 8.73. The van der Waals surface area contributed by atoms with Gasteiger partial charge in [-0.25, -0.2) is 0 Å². The number of halogens is 2. The molecule has 5 nitrogen and oxygen atoms in total. The summed E-state index contributed by atoms with van der Waals surface area (Å²) in [6, 6.07) is 13.8.